The second-order valence-electron chi connectivity index (χ2n) is 5.68. The van der Waals surface area contributed by atoms with Gasteiger partial charge in [-0.05, 0) is 26.7 Å². The lowest BCUT2D eigenvalue weighted by molar-refractivity contribution is 0.447. The maximum absolute atomic E-state index is 4.40. The summed E-state index contributed by atoms with van der Waals surface area (Å²) in [5.41, 5.74) is 0.944. The largest absolute Gasteiger partial charge is 0.314 e. The second-order valence-corrected chi connectivity index (χ2v) is 5.68. The Balaban J connectivity index is 1.74. The molecule has 21 heavy (non-hydrogen) atoms. The fourth-order valence-corrected chi connectivity index (χ4v) is 2.90. The third kappa shape index (κ3) is 3.10. The van der Waals surface area contributed by atoms with Gasteiger partial charge in [-0.1, -0.05) is 6.42 Å². The molecule has 0 aliphatic carbocycles. The van der Waals surface area contributed by atoms with Gasteiger partial charge in [0.15, 0.2) is 0 Å². The second kappa shape index (κ2) is 6.30. The van der Waals surface area contributed by atoms with E-state index in [4.69, 9.17) is 0 Å². The molecule has 6 nitrogen and oxygen atoms in total. The van der Waals surface area contributed by atoms with E-state index in [1.807, 2.05) is 0 Å². The smallest absolute Gasteiger partial charge is 0.149 e. The van der Waals surface area contributed by atoms with E-state index in [9.17, 15) is 0 Å². The summed E-state index contributed by atoms with van der Waals surface area (Å²) in [6.07, 6.45) is 9.97. The minimum Gasteiger partial charge on any atom is -0.314 e. The van der Waals surface area contributed by atoms with Gasteiger partial charge in [0, 0.05) is 37.6 Å². The minimum atomic E-state index is 0.132. The van der Waals surface area contributed by atoms with Crippen molar-refractivity contribution >= 4 is 0 Å². The molecule has 3 rings (SSSR count). The Kier molecular flexibility index (Phi) is 4.24. The third-order valence-corrected chi connectivity index (χ3v) is 4.05. The predicted octanol–water partition coefficient (Wildman–Crippen LogP) is 2.21. The number of rotatable bonds is 4. The van der Waals surface area contributed by atoms with Crippen LogP contribution < -0.4 is 5.32 Å². The van der Waals surface area contributed by atoms with Gasteiger partial charge in [-0.15, -0.1) is 10.2 Å². The minimum absolute atomic E-state index is 0.132. The Morgan fingerprint density at radius 3 is 2.81 bits per heavy atom. The van der Waals surface area contributed by atoms with E-state index >= 15 is 0 Å². The molecule has 0 aromatic carbocycles. The lowest BCUT2D eigenvalue weighted by Crippen LogP contribution is -2.26. The molecule has 0 radical (unpaired) electrons. The fraction of sp³-hybridized carbons (Fsp3) is 0.600. The van der Waals surface area contributed by atoms with Crippen LogP contribution in [0.5, 0.6) is 0 Å². The predicted molar refractivity (Wildman–Crippen MR) is 79.6 cm³/mol. The number of hydrogen-bond donors (Lipinski definition) is 1. The molecular weight excluding hydrogens is 264 g/mol. The summed E-state index contributed by atoms with van der Waals surface area (Å²) in [6, 6.07) is 0.272. The van der Waals surface area contributed by atoms with E-state index in [0.717, 1.165) is 30.3 Å². The molecule has 1 aliphatic rings. The van der Waals surface area contributed by atoms with Gasteiger partial charge >= 0.3 is 0 Å². The SMILES string of the molecule is CC(NC(C)c1nnc2n1CCCCC2)c1cnccn1. The number of aryl methyl sites for hydroxylation is 1. The molecule has 2 aromatic heterocycles. The molecule has 0 saturated heterocycles. The summed E-state index contributed by atoms with van der Waals surface area (Å²) in [7, 11) is 0. The van der Waals surface area contributed by atoms with Crippen LogP contribution in [0.2, 0.25) is 0 Å². The lowest BCUT2D eigenvalue weighted by Gasteiger charge is -2.19. The first kappa shape index (κ1) is 14.1. The summed E-state index contributed by atoms with van der Waals surface area (Å²) in [4.78, 5) is 8.47. The highest BCUT2D eigenvalue weighted by Gasteiger charge is 2.21. The van der Waals surface area contributed by atoms with Gasteiger partial charge < -0.3 is 4.57 Å². The van der Waals surface area contributed by atoms with Crippen molar-refractivity contribution in [2.45, 2.75) is 58.2 Å². The van der Waals surface area contributed by atoms with Gasteiger partial charge in [-0.3, -0.25) is 15.3 Å². The summed E-state index contributed by atoms with van der Waals surface area (Å²) in [6.45, 7) is 5.26. The van der Waals surface area contributed by atoms with Crippen molar-refractivity contribution in [2.24, 2.45) is 0 Å². The first-order valence-corrected chi connectivity index (χ1v) is 7.69. The summed E-state index contributed by atoms with van der Waals surface area (Å²) < 4.78 is 2.29. The van der Waals surface area contributed by atoms with Crippen LogP contribution in [-0.2, 0) is 13.0 Å². The average molecular weight is 286 g/mol. The van der Waals surface area contributed by atoms with Crippen LogP contribution in [0.4, 0.5) is 0 Å². The fourth-order valence-electron chi connectivity index (χ4n) is 2.90. The standard InChI is InChI=1S/C15H22N6/c1-11(13-10-16-7-8-17-13)18-12(2)15-20-19-14-6-4-3-5-9-21(14)15/h7-8,10-12,18H,3-6,9H2,1-2H3. The third-order valence-electron chi connectivity index (χ3n) is 4.05. The van der Waals surface area contributed by atoms with Gasteiger partial charge in [0.1, 0.15) is 11.6 Å². The van der Waals surface area contributed by atoms with Gasteiger partial charge in [0.05, 0.1) is 11.7 Å². The first-order chi connectivity index (χ1) is 10.3. The van der Waals surface area contributed by atoms with E-state index in [0.29, 0.717) is 0 Å². The quantitative estimate of drug-likeness (QED) is 0.933. The van der Waals surface area contributed by atoms with Gasteiger partial charge in [-0.2, -0.15) is 0 Å². The highest BCUT2D eigenvalue weighted by molar-refractivity contribution is 5.06. The molecule has 112 valence electrons. The van der Waals surface area contributed by atoms with E-state index in [1.54, 1.807) is 18.6 Å². The number of nitrogens with zero attached hydrogens (tertiary/aromatic N) is 5. The van der Waals surface area contributed by atoms with E-state index < -0.39 is 0 Å². The molecular formula is C15H22N6. The molecule has 0 saturated carbocycles. The summed E-state index contributed by atoms with van der Waals surface area (Å²) in [5, 5.41) is 12.3. The molecule has 1 N–H and O–H groups in total. The molecule has 0 bridgehead atoms. The van der Waals surface area contributed by atoms with E-state index in [1.165, 1.54) is 19.3 Å². The zero-order valence-electron chi connectivity index (χ0n) is 12.7. The molecule has 1 aliphatic heterocycles. The van der Waals surface area contributed by atoms with Crippen LogP contribution in [0.25, 0.3) is 0 Å². The number of nitrogens with one attached hydrogen (secondary N) is 1. The summed E-state index contributed by atoms with van der Waals surface area (Å²) in [5.74, 6) is 2.16. The molecule has 3 heterocycles. The highest BCUT2D eigenvalue weighted by atomic mass is 15.3. The van der Waals surface area contributed by atoms with Crippen molar-refractivity contribution in [3.05, 3.63) is 35.9 Å². The average Bonchev–Trinajstić information content (AvgIpc) is 2.77. The van der Waals surface area contributed by atoms with Crippen LogP contribution in [0.15, 0.2) is 18.6 Å². The Hall–Kier alpha value is -1.82. The highest BCUT2D eigenvalue weighted by Crippen LogP contribution is 2.20. The maximum Gasteiger partial charge on any atom is 0.149 e. The van der Waals surface area contributed by atoms with E-state index in [2.05, 4.69) is 43.9 Å². The zero-order chi connectivity index (χ0) is 14.7. The topological polar surface area (TPSA) is 68.5 Å². The zero-order valence-corrected chi connectivity index (χ0v) is 12.7. The monoisotopic (exact) mass is 286 g/mol. The molecule has 2 aromatic rings. The molecule has 0 amide bonds. The number of aromatic nitrogens is 5. The van der Waals surface area contributed by atoms with E-state index in [-0.39, 0.29) is 12.1 Å². The molecule has 0 fully saturated rings. The van der Waals surface area contributed by atoms with Crippen molar-refractivity contribution in [3.63, 3.8) is 0 Å². The first-order valence-electron chi connectivity index (χ1n) is 7.69. The van der Waals surface area contributed by atoms with Crippen LogP contribution in [0, 0.1) is 0 Å². The van der Waals surface area contributed by atoms with Gasteiger partial charge in [0.2, 0.25) is 0 Å². The van der Waals surface area contributed by atoms with Crippen LogP contribution >= 0.6 is 0 Å². The Morgan fingerprint density at radius 1 is 1.10 bits per heavy atom. The lowest BCUT2D eigenvalue weighted by atomic mass is 10.2. The molecule has 0 spiro atoms. The van der Waals surface area contributed by atoms with Gasteiger partial charge in [0.25, 0.3) is 0 Å². The molecule has 6 heteroatoms. The van der Waals surface area contributed by atoms with Crippen molar-refractivity contribution in [1.82, 2.24) is 30.0 Å². The number of hydrogen-bond acceptors (Lipinski definition) is 5. The Morgan fingerprint density at radius 2 is 2.00 bits per heavy atom. The van der Waals surface area contributed by atoms with Gasteiger partial charge in [-0.25, -0.2) is 0 Å². The Labute approximate surface area is 125 Å². The molecule has 2 atom stereocenters. The molecule has 2 unspecified atom stereocenters. The normalized spacial score (nSPS) is 17.8. The number of fused-ring (bicyclic) bond motifs is 1. The van der Waals surface area contributed by atoms with Crippen molar-refractivity contribution < 1.29 is 0 Å². The van der Waals surface area contributed by atoms with Crippen molar-refractivity contribution in [3.8, 4) is 0 Å². The van der Waals surface area contributed by atoms with Crippen LogP contribution in [0.3, 0.4) is 0 Å². The summed E-state index contributed by atoms with van der Waals surface area (Å²) >= 11 is 0. The van der Waals surface area contributed by atoms with Crippen molar-refractivity contribution in [2.75, 3.05) is 0 Å². The Bertz CT molecular complexity index is 579. The van der Waals surface area contributed by atoms with Crippen LogP contribution in [0.1, 0.15) is 62.5 Å². The van der Waals surface area contributed by atoms with Crippen LogP contribution in [-0.4, -0.2) is 24.7 Å². The van der Waals surface area contributed by atoms with Crippen molar-refractivity contribution in [1.29, 1.82) is 0 Å². The maximum atomic E-state index is 4.40.